The molecular formula is C9H20N2O2S. The summed E-state index contributed by atoms with van der Waals surface area (Å²) in [6.45, 7) is 5.69. The highest BCUT2D eigenvalue weighted by molar-refractivity contribution is 7.85. The summed E-state index contributed by atoms with van der Waals surface area (Å²) in [6.07, 6.45) is 0.789. The molecular weight excluding hydrogens is 200 g/mol. The summed E-state index contributed by atoms with van der Waals surface area (Å²) in [5.41, 5.74) is 5.63. The van der Waals surface area contributed by atoms with Crippen LogP contribution in [-0.4, -0.2) is 33.7 Å². The van der Waals surface area contributed by atoms with E-state index in [0.717, 1.165) is 6.42 Å². The molecule has 0 aromatic carbocycles. The highest BCUT2D eigenvalue weighted by Crippen LogP contribution is 1.92. The minimum absolute atomic E-state index is 0.0614. The lowest BCUT2D eigenvalue weighted by molar-refractivity contribution is -0.119. The summed E-state index contributed by atoms with van der Waals surface area (Å²) in [6, 6.07) is 0.0297. The van der Waals surface area contributed by atoms with Crippen molar-refractivity contribution in [3.05, 3.63) is 0 Å². The third-order valence-corrected chi connectivity index (χ3v) is 3.05. The molecule has 0 rings (SSSR count). The van der Waals surface area contributed by atoms with Gasteiger partial charge in [-0.1, -0.05) is 6.92 Å². The maximum Gasteiger partial charge on any atom is 0.232 e. The molecule has 0 bridgehead atoms. The van der Waals surface area contributed by atoms with Gasteiger partial charge in [0.25, 0.3) is 0 Å². The number of nitrogens with one attached hydrogen (secondary N) is 1. The second-order valence-corrected chi connectivity index (χ2v) is 5.14. The Labute approximate surface area is 88.1 Å². The molecule has 0 aromatic rings. The minimum Gasteiger partial charge on any atom is -0.353 e. The van der Waals surface area contributed by atoms with Crippen molar-refractivity contribution in [2.75, 3.05) is 11.5 Å². The Morgan fingerprint density at radius 1 is 1.50 bits per heavy atom. The summed E-state index contributed by atoms with van der Waals surface area (Å²) >= 11 is 0. The van der Waals surface area contributed by atoms with Crippen LogP contribution in [0.2, 0.25) is 0 Å². The van der Waals surface area contributed by atoms with E-state index in [9.17, 15) is 9.00 Å². The van der Waals surface area contributed by atoms with Gasteiger partial charge in [-0.2, -0.15) is 0 Å². The van der Waals surface area contributed by atoms with Crippen molar-refractivity contribution in [3.8, 4) is 0 Å². The van der Waals surface area contributed by atoms with E-state index in [1.54, 1.807) is 0 Å². The summed E-state index contributed by atoms with van der Waals surface area (Å²) in [5, 5.41) is 2.69. The lowest BCUT2D eigenvalue weighted by atomic mass is 10.3. The Kier molecular flexibility index (Phi) is 6.74. The topological polar surface area (TPSA) is 72.2 Å². The van der Waals surface area contributed by atoms with Gasteiger partial charge in [0.05, 0.1) is 0 Å². The molecule has 0 radical (unpaired) electrons. The Morgan fingerprint density at radius 2 is 2.07 bits per heavy atom. The summed E-state index contributed by atoms with van der Waals surface area (Å²) in [4.78, 5) is 11.2. The fourth-order valence-electron chi connectivity index (χ4n) is 0.925. The molecule has 0 aliphatic rings. The molecule has 2 atom stereocenters. The van der Waals surface area contributed by atoms with Crippen molar-refractivity contribution in [1.29, 1.82) is 0 Å². The summed E-state index contributed by atoms with van der Waals surface area (Å²) in [5.74, 6) is 0.301. The van der Waals surface area contributed by atoms with E-state index in [0.29, 0.717) is 5.75 Å². The van der Waals surface area contributed by atoms with Gasteiger partial charge in [0.1, 0.15) is 5.75 Å². The molecule has 2 unspecified atom stereocenters. The molecule has 0 saturated heterocycles. The highest BCUT2D eigenvalue weighted by Gasteiger charge is 2.11. The molecule has 0 aliphatic heterocycles. The van der Waals surface area contributed by atoms with E-state index in [1.807, 2.05) is 20.8 Å². The average molecular weight is 220 g/mol. The van der Waals surface area contributed by atoms with E-state index in [4.69, 9.17) is 5.73 Å². The zero-order valence-electron chi connectivity index (χ0n) is 9.08. The fraction of sp³-hybridized carbons (Fsp3) is 0.889. The van der Waals surface area contributed by atoms with Gasteiger partial charge in [-0.3, -0.25) is 9.00 Å². The number of amides is 1. The second-order valence-electron chi connectivity index (χ2n) is 3.64. The summed E-state index contributed by atoms with van der Waals surface area (Å²) < 4.78 is 11.4. The molecule has 0 aliphatic carbocycles. The molecule has 14 heavy (non-hydrogen) atoms. The molecule has 0 aromatic heterocycles. The molecule has 0 spiro atoms. The van der Waals surface area contributed by atoms with Crippen LogP contribution in [0.1, 0.15) is 27.2 Å². The SMILES string of the molecule is CCC(N)CS(=O)CC(=O)NC(C)C. The van der Waals surface area contributed by atoms with Crippen molar-refractivity contribution in [1.82, 2.24) is 5.32 Å². The van der Waals surface area contributed by atoms with Crippen molar-refractivity contribution < 1.29 is 9.00 Å². The molecule has 1 amide bonds. The van der Waals surface area contributed by atoms with Crippen LogP contribution in [0.15, 0.2) is 0 Å². The predicted molar refractivity (Wildman–Crippen MR) is 59.4 cm³/mol. The Morgan fingerprint density at radius 3 is 2.50 bits per heavy atom. The van der Waals surface area contributed by atoms with Crippen LogP contribution < -0.4 is 11.1 Å². The van der Waals surface area contributed by atoms with Gasteiger partial charge >= 0.3 is 0 Å². The lowest BCUT2D eigenvalue weighted by Gasteiger charge is -2.10. The number of nitrogens with two attached hydrogens (primary N) is 1. The van der Waals surface area contributed by atoms with Crippen molar-refractivity contribution >= 4 is 16.7 Å². The van der Waals surface area contributed by atoms with Crippen LogP contribution in [-0.2, 0) is 15.6 Å². The smallest absolute Gasteiger partial charge is 0.232 e. The van der Waals surface area contributed by atoms with Crippen LogP contribution in [0.5, 0.6) is 0 Å². The minimum atomic E-state index is -1.13. The third kappa shape index (κ3) is 7.03. The first-order valence-electron chi connectivity index (χ1n) is 4.85. The Balaban J connectivity index is 3.77. The van der Waals surface area contributed by atoms with Crippen molar-refractivity contribution in [2.24, 2.45) is 5.73 Å². The first kappa shape index (κ1) is 13.6. The van der Waals surface area contributed by atoms with Gasteiger partial charge in [-0.05, 0) is 20.3 Å². The van der Waals surface area contributed by atoms with E-state index >= 15 is 0 Å². The number of carbonyl (C=O) groups is 1. The second kappa shape index (κ2) is 6.95. The zero-order chi connectivity index (χ0) is 11.1. The normalized spacial score (nSPS) is 15.2. The largest absolute Gasteiger partial charge is 0.353 e. The zero-order valence-corrected chi connectivity index (χ0v) is 9.89. The third-order valence-electron chi connectivity index (χ3n) is 1.67. The highest BCUT2D eigenvalue weighted by atomic mass is 32.2. The average Bonchev–Trinajstić information content (AvgIpc) is 2.01. The lowest BCUT2D eigenvalue weighted by Crippen LogP contribution is -2.36. The Hall–Kier alpha value is -0.420. The van der Waals surface area contributed by atoms with Crippen LogP contribution in [0.3, 0.4) is 0 Å². The first-order chi connectivity index (χ1) is 6.45. The van der Waals surface area contributed by atoms with E-state index < -0.39 is 10.8 Å². The molecule has 0 heterocycles. The van der Waals surface area contributed by atoms with Crippen molar-refractivity contribution in [2.45, 2.75) is 39.3 Å². The molecule has 0 fully saturated rings. The van der Waals surface area contributed by atoms with Crippen LogP contribution >= 0.6 is 0 Å². The van der Waals surface area contributed by atoms with Gasteiger partial charge in [-0.25, -0.2) is 0 Å². The van der Waals surface area contributed by atoms with E-state index in [-0.39, 0.29) is 23.7 Å². The van der Waals surface area contributed by atoms with E-state index in [2.05, 4.69) is 5.32 Å². The van der Waals surface area contributed by atoms with Crippen molar-refractivity contribution in [3.63, 3.8) is 0 Å². The fourth-order valence-corrected chi connectivity index (χ4v) is 2.13. The monoisotopic (exact) mass is 220 g/mol. The van der Waals surface area contributed by atoms with Gasteiger partial charge in [0.15, 0.2) is 0 Å². The molecule has 3 N–H and O–H groups in total. The standard InChI is InChI=1S/C9H20N2O2S/c1-4-8(10)5-14(13)6-9(12)11-7(2)3/h7-8H,4-6,10H2,1-3H3,(H,11,12). The number of hydrogen-bond acceptors (Lipinski definition) is 3. The quantitative estimate of drug-likeness (QED) is 0.661. The molecule has 4 nitrogen and oxygen atoms in total. The predicted octanol–water partition coefficient (Wildman–Crippen LogP) is -0.00300. The van der Waals surface area contributed by atoms with E-state index in [1.165, 1.54) is 0 Å². The van der Waals surface area contributed by atoms with Gasteiger partial charge in [0.2, 0.25) is 5.91 Å². The number of hydrogen-bond donors (Lipinski definition) is 2. The number of carbonyl (C=O) groups excluding carboxylic acids is 1. The van der Waals surface area contributed by atoms with Gasteiger partial charge in [0, 0.05) is 28.6 Å². The van der Waals surface area contributed by atoms with Gasteiger partial charge < -0.3 is 11.1 Å². The number of rotatable bonds is 6. The van der Waals surface area contributed by atoms with Crippen LogP contribution in [0, 0.1) is 0 Å². The Bertz CT molecular complexity index is 207. The molecule has 0 saturated carbocycles. The molecule has 5 heteroatoms. The maximum atomic E-state index is 11.4. The first-order valence-corrected chi connectivity index (χ1v) is 6.34. The molecule has 84 valence electrons. The van der Waals surface area contributed by atoms with Crippen LogP contribution in [0.25, 0.3) is 0 Å². The van der Waals surface area contributed by atoms with Gasteiger partial charge in [-0.15, -0.1) is 0 Å². The summed E-state index contributed by atoms with van der Waals surface area (Å²) in [7, 11) is -1.13. The van der Waals surface area contributed by atoms with Crippen LogP contribution in [0.4, 0.5) is 0 Å². The maximum absolute atomic E-state index is 11.4.